The lowest BCUT2D eigenvalue weighted by Gasteiger charge is -2.47. The molecule has 1 aromatic heterocycles. The molecule has 0 amide bonds. The van der Waals surface area contributed by atoms with E-state index in [9.17, 15) is 0 Å². The largest absolute Gasteiger partial charge is 0.376 e. The van der Waals surface area contributed by atoms with Crippen LogP contribution in [-0.4, -0.2) is 19.3 Å². The van der Waals surface area contributed by atoms with E-state index in [0.717, 1.165) is 30.8 Å². The first-order valence-corrected chi connectivity index (χ1v) is 9.21. The number of hydrogen-bond acceptors (Lipinski definition) is 3. The van der Waals surface area contributed by atoms with Gasteiger partial charge in [0, 0.05) is 12.0 Å². The van der Waals surface area contributed by atoms with Crippen LogP contribution in [-0.2, 0) is 4.74 Å². The van der Waals surface area contributed by atoms with Gasteiger partial charge in [-0.15, -0.1) is 11.3 Å². The third kappa shape index (κ3) is 3.82. The third-order valence-electron chi connectivity index (χ3n) is 4.89. The molecule has 2 nitrogen and oxygen atoms in total. The highest BCUT2D eigenvalue weighted by Gasteiger charge is 2.45. The van der Waals surface area contributed by atoms with Crippen LogP contribution in [0.15, 0.2) is 11.4 Å². The highest BCUT2D eigenvalue weighted by atomic mass is 35.5. The quantitative estimate of drug-likeness (QED) is 0.751. The van der Waals surface area contributed by atoms with Gasteiger partial charge < -0.3 is 10.1 Å². The summed E-state index contributed by atoms with van der Waals surface area (Å²) in [5.74, 6) is 0. The fourth-order valence-corrected chi connectivity index (χ4v) is 4.62. The maximum atomic E-state index is 6.42. The Labute approximate surface area is 138 Å². The van der Waals surface area contributed by atoms with Crippen molar-refractivity contribution in [3.8, 4) is 0 Å². The predicted molar refractivity (Wildman–Crippen MR) is 92.4 cm³/mol. The van der Waals surface area contributed by atoms with Crippen molar-refractivity contribution in [3.05, 3.63) is 21.3 Å². The predicted octanol–water partition coefficient (Wildman–Crippen LogP) is 5.43. The van der Waals surface area contributed by atoms with Gasteiger partial charge in [0.2, 0.25) is 0 Å². The average Bonchev–Trinajstić information content (AvgIpc) is 2.87. The van der Waals surface area contributed by atoms with E-state index in [0.29, 0.717) is 5.41 Å². The number of rotatable bonds is 6. The summed E-state index contributed by atoms with van der Waals surface area (Å²) in [7, 11) is 1.86. The van der Waals surface area contributed by atoms with Crippen molar-refractivity contribution in [1.29, 1.82) is 0 Å². The molecule has 0 bridgehead atoms. The molecular formula is C17H28ClNOS. The van der Waals surface area contributed by atoms with Crippen LogP contribution >= 0.6 is 22.9 Å². The number of hydrogen-bond donors (Lipinski definition) is 1. The lowest BCUT2D eigenvalue weighted by atomic mass is 9.68. The summed E-state index contributed by atoms with van der Waals surface area (Å²) in [6.07, 6.45) is 5.70. The molecule has 1 aliphatic carbocycles. The molecule has 0 spiro atoms. The Bertz CT molecular complexity index is 447. The summed E-state index contributed by atoms with van der Waals surface area (Å²) in [6.45, 7) is 7.91. The first-order valence-electron chi connectivity index (χ1n) is 7.95. The normalized spacial score (nSPS) is 22.1. The van der Waals surface area contributed by atoms with Gasteiger partial charge in [0.1, 0.15) is 0 Å². The molecule has 1 N–H and O–H groups in total. The Morgan fingerprint density at radius 3 is 2.48 bits per heavy atom. The van der Waals surface area contributed by atoms with Gasteiger partial charge in [-0.2, -0.15) is 0 Å². The van der Waals surface area contributed by atoms with Crippen LogP contribution in [0, 0.1) is 5.41 Å². The topological polar surface area (TPSA) is 21.3 Å². The van der Waals surface area contributed by atoms with Crippen LogP contribution in [0.1, 0.15) is 63.8 Å². The van der Waals surface area contributed by atoms with Gasteiger partial charge in [-0.05, 0) is 55.5 Å². The van der Waals surface area contributed by atoms with E-state index in [1.807, 2.05) is 13.2 Å². The lowest BCUT2D eigenvalue weighted by Crippen LogP contribution is -2.49. The van der Waals surface area contributed by atoms with E-state index in [4.69, 9.17) is 16.3 Å². The monoisotopic (exact) mass is 329 g/mol. The molecule has 1 heterocycles. The zero-order valence-electron chi connectivity index (χ0n) is 13.7. The van der Waals surface area contributed by atoms with Crippen LogP contribution in [0.2, 0.25) is 5.02 Å². The number of halogens is 1. The minimum absolute atomic E-state index is 0.126. The molecule has 120 valence electrons. The number of ether oxygens (including phenoxy) is 1. The van der Waals surface area contributed by atoms with Gasteiger partial charge in [-0.1, -0.05) is 32.4 Å². The van der Waals surface area contributed by atoms with Gasteiger partial charge in [0.15, 0.2) is 0 Å². The SMILES string of the molecule is CCCNC(c1sccc1Cl)C1(OC)CCC(C)(C)CC1. The van der Waals surface area contributed by atoms with Crippen molar-refractivity contribution >= 4 is 22.9 Å². The van der Waals surface area contributed by atoms with Crippen LogP contribution < -0.4 is 5.32 Å². The van der Waals surface area contributed by atoms with E-state index >= 15 is 0 Å². The number of nitrogens with one attached hydrogen (secondary N) is 1. The molecular weight excluding hydrogens is 302 g/mol. The van der Waals surface area contributed by atoms with Crippen molar-refractivity contribution in [3.63, 3.8) is 0 Å². The van der Waals surface area contributed by atoms with E-state index in [1.165, 1.54) is 17.7 Å². The van der Waals surface area contributed by atoms with Crippen molar-refractivity contribution in [1.82, 2.24) is 5.32 Å². The zero-order valence-corrected chi connectivity index (χ0v) is 15.2. The Balaban J connectivity index is 2.27. The standard InChI is InChI=1S/C17H28ClNOS/c1-5-11-19-15(14-13(18)6-12-21-14)17(20-4)9-7-16(2,3)8-10-17/h6,12,15,19H,5,7-11H2,1-4H3. The van der Waals surface area contributed by atoms with Crippen LogP contribution in [0.4, 0.5) is 0 Å². The second kappa shape index (κ2) is 6.99. The molecule has 1 fully saturated rings. The van der Waals surface area contributed by atoms with Crippen LogP contribution in [0.5, 0.6) is 0 Å². The van der Waals surface area contributed by atoms with E-state index in [1.54, 1.807) is 11.3 Å². The minimum atomic E-state index is -0.126. The van der Waals surface area contributed by atoms with Gasteiger partial charge in [-0.25, -0.2) is 0 Å². The van der Waals surface area contributed by atoms with Crippen LogP contribution in [0.3, 0.4) is 0 Å². The second-order valence-electron chi connectivity index (χ2n) is 6.95. The highest BCUT2D eigenvalue weighted by molar-refractivity contribution is 7.10. The smallest absolute Gasteiger partial charge is 0.0881 e. The molecule has 1 atom stereocenters. The molecule has 1 unspecified atom stereocenters. The summed E-state index contributed by atoms with van der Waals surface area (Å²) < 4.78 is 6.10. The fraction of sp³-hybridized carbons (Fsp3) is 0.765. The van der Waals surface area contributed by atoms with Crippen molar-refractivity contribution < 1.29 is 4.74 Å². The Kier molecular flexibility index (Phi) is 5.75. The summed E-state index contributed by atoms with van der Waals surface area (Å²) in [5, 5.41) is 6.65. The first-order chi connectivity index (χ1) is 9.94. The summed E-state index contributed by atoms with van der Waals surface area (Å²) >= 11 is 8.16. The van der Waals surface area contributed by atoms with Crippen molar-refractivity contribution in [2.24, 2.45) is 5.41 Å². The molecule has 1 aromatic rings. The van der Waals surface area contributed by atoms with E-state index in [2.05, 4.69) is 31.5 Å². The number of thiophene rings is 1. The van der Waals surface area contributed by atoms with E-state index in [-0.39, 0.29) is 11.6 Å². The molecule has 0 saturated heterocycles. The van der Waals surface area contributed by atoms with Gasteiger partial charge in [0.25, 0.3) is 0 Å². The Hall–Kier alpha value is -0.0900. The molecule has 0 radical (unpaired) electrons. The molecule has 2 rings (SSSR count). The van der Waals surface area contributed by atoms with Gasteiger partial charge >= 0.3 is 0 Å². The summed E-state index contributed by atoms with van der Waals surface area (Å²) in [6, 6.07) is 2.20. The zero-order chi connectivity index (χ0) is 15.5. The molecule has 1 saturated carbocycles. The maximum Gasteiger partial charge on any atom is 0.0881 e. The molecule has 1 aliphatic rings. The van der Waals surface area contributed by atoms with Crippen LogP contribution in [0.25, 0.3) is 0 Å². The minimum Gasteiger partial charge on any atom is -0.376 e. The first kappa shape index (κ1) is 17.3. The third-order valence-corrected chi connectivity index (χ3v) is 6.31. The van der Waals surface area contributed by atoms with Gasteiger partial charge in [0.05, 0.1) is 16.7 Å². The molecule has 4 heteroatoms. The highest BCUT2D eigenvalue weighted by Crippen LogP contribution is 2.49. The lowest BCUT2D eigenvalue weighted by molar-refractivity contribution is -0.0868. The maximum absolute atomic E-state index is 6.42. The van der Waals surface area contributed by atoms with Gasteiger partial charge in [-0.3, -0.25) is 0 Å². The summed E-state index contributed by atoms with van der Waals surface area (Å²) in [5.41, 5.74) is 0.301. The Morgan fingerprint density at radius 1 is 1.33 bits per heavy atom. The Morgan fingerprint density at radius 2 is 2.00 bits per heavy atom. The van der Waals surface area contributed by atoms with Crippen molar-refractivity contribution in [2.75, 3.05) is 13.7 Å². The van der Waals surface area contributed by atoms with Crippen molar-refractivity contribution in [2.45, 2.75) is 64.5 Å². The number of methoxy groups -OCH3 is 1. The molecule has 0 aliphatic heterocycles. The summed E-state index contributed by atoms with van der Waals surface area (Å²) in [4.78, 5) is 1.23. The molecule has 21 heavy (non-hydrogen) atoms. The average molecular weight is 330 g/mol. The fourth-order valence-electron chi connectivity index (χ4n) is 3.28. The second-order valence-corrected chi connectivity index (χ2v) is 8.31. The van der Waals surface area contributed by atoms with E-state index < -0.39 is 0 Å². The molecule has 0 aromatic carbocycles.